The van der Waals surface area contributed by atoms with Crippen LogP contribution in [0.25, 0.3) is 5.69 Å². The zero-order valence-corrected chi connectivity index (χ0v) is 10.3. The number of halogens is 1. The third kappa shape index (κ3) is 2.31. The molecular weight excluding hydrogens is 233 g/mol. The summed E-state index contributed by atoms with van der Waals surface area (Å²) in [5.74, 6) is -0.368. The summed E-state index contributed by atoms with van der Waals surface area (Å²) < 4.78 is 15.2. The van der Waals surface area contributed by atoms with Gasteiger partial charge in [0.15, 0.2) is 0 Å². The third-order valence-electron chi connectivity index (χ3n) is 2.60. The first-order valence-electron chi connectivity index (χ1n) is 5.63. The fourth-order valence-corrected chi connectivity index (χ4v) is 1.74. The second-order valence-corrected chi connectivity index (χ2v) is 3.99. The van der Waals surface area contributed by atoms with Crippen molar-refractivity contribution in [2.45, 2.75) is 13.5 Å². The molecule has 0 spiro atoms. The minimum atomic E-state index is -0.368. The molecule has 0 aliphatic carbocycles. The maximum Gasteiger partial charge on any atom is 0.204 e. The predicted molar refractivity (Wildman–Crippen MR) is 67.3 cm³/mol. The standard InChI is InChI=1S/C13H14FN3O/c1-9-7-13(18)11(8-15-2)16-17(9)12-6-4-3-5-10(12)14/h3-7,15H,8H2,1-2H3. The van der Waals surface area contributed by atoms with Crippen LogP contribution in [-0.4, -0.2) is 16.8 Å². The van der Waals surface area contributed by atoms with Crippen molar-refractivity contribution in [1.29, 1.82) is 0 Å². The lowest BCUT2D eigenvalue weighted by molar-refractivity contribution is 0.599. The average molecular weight is 247 g/mol. The summed E-state index contributed by atoms with van der Waals surface area (Å²) in [5, 5.41) is 7.06. The van der Waals surface area contributed by atoms with Gasteiger partial charge in [0.1, 0.15) is 17.2 Å². The summed E-state index contributed by atoms with van der Waals surface area (Å²) in [4.78, 5) is 11.7. The number of hydrogen-bond donors (Lipinski definition) is 1. The van der Waals surface area contributed by atoms with Crippen molar-refractivity contribution in [3.8, 4) is 5.69 Å². The molecule has 1 heterocycles. The summed E-state index contributed by atoms with van der Waals surface area (Å²) in [5.41, 5.74) is 1.16. The summed E-state index contributed by atoms with van der Waals surface area (Å²) >= 11 is 0. The molecule has 0 bridgehead atoms. The van der Waals surface area contributed by atoms with E-state index in [0.29, 0.717) is 23.6 Å². The molecule has 18 heavy (non-hydrogen) atoms. The van der Waals surface area contributed by atoms with Crippen molar-refractivity contribution in [2.75, 3.05) is 7.05 Å². The van der Waals surface area contributed by atoms with E-state index in [4.69, 9.17) is 0 Å². The lowest BCUT2D eigenvalue weighted by Crippen LogP contribution is -2.23. The number of rotatable bonds is 3. The van der Waals surface area contributed by atoms with Crippen molar-refractivity contribution < 1.29 is 4.39 Å². The van der Waals surface area contributed by atoms with Crippen LogP contribution in [0.5, 0.6) is 0 Å². The van der Waals surface area contributed by atoms with Gasteiger partial charge in [0.25, 0.3) is 0 Å². The molecular formula is C13H14FN3O. The van der Waals surface area contributed by atoms with Gasteiger partial charge in [0.05, 0.1) is 0 Å². The smallest absolute Gasteiger partial charge is 0.204 e. The van der Waals surface area contributed by atoms with E-state index in [1.54, 1.807) is 32.2 Å². The first kappa shape index (κ1) is 12.4. The van der Waals surface area contributed by atoms with Crippen molar-refractivity contribution in [3.63, 3.8) is 0 Å². The Morgan fingerprint density at radius 2 is 2.11 bits per heavy atom. The Morgan fingerprint density at radius 1 is 1.39 bits per heavy atom. The number of benzene rings is 1. The highest BCUT2D eigenvalue weighted by atomic mass is 19.1. The van der Waals surface area contributed by atoms with Gasteiger partial charge in [-0.25, -0.2) is 9.07 Å². The van der Waals surface area contributed by atoms with E-state index >= 15 is 0 Å². The van der Waals surface area contributed by atoms with Crippen LogP contribution in [-0.2, 0) is 6.54 Å². The molecule has 1 aromatic heterocycles. The van der Waals surface area contributed by atoms with Gasteiger partial charge < -0.3 is 5.32 Å². The van der Waals surface area contributed by atoms with Gasteiger partial charge in [-0.15, -0.1) is 0 Å². The Morgan fingerprint density at radius 3 is 2.78 bits per heavy atom. The maximum atomic E-state index is 13.7. The van der Waals surface area contributed by atoms with Crippen molar-refractivity contribution in [1.82, 2.24) is 15.1 Å². The van der Waals surface area contributed by atoms with Gasteiger partial charge in [-0.1, -0.05) is 12.1 Å². The molecule has 2 aromatic rings. The number of para-hydroxylation sites is 1. The van der Waals surface area contributed by atoms with Gasteiger partial charge in [-0.05, 0) is 26.1 Å². The van der Waals surface area contributed by atoms with Crippen molar-refractivity contribution in [3.05, 3.63) is 57.8 Å². The predicted octanol–water partition coefficient (Wildman–Crippen LogP) is 1.40. The summed E-state index contributed by atoms with van der Waals surface area (Å²) in [7, 11) is 1.73. The average Bonchev–Trinajstić information content (AvgIpc) is 2.34. The highest BCUT2D eigenvalue weighted by Gasteiger charge is 2.09. The molecule has 0 amide bonds. The number of nitrogens with zero attached hydrogens (tertiary/aromatic N) is 2. The zero-order chi connectivity index (χ0) is 13.1. The van der Waals surface area contributed by atoms with E-state index in [2.05, 4.69) is 10.4 Å². The number of hydrogen-bond acceptors (Lipinski definition) is 3. The lowest BCUT2D eigenvalue weighted by atomic mass is 10.2. The van der Waals surface area contributed by atoms with E-state index in [1.807, 2.05) is 0 Å². The SMILES string of the molecule is CNCc1nn(-c2ccccc2F)c(C)cc1=O. The Hall–Kier alpha value is -2.01. The van der Waals surface area contributed by atoms with Crippen LogP contribution in [0.15, 0.2) is 35.1 Å². The van der Waals surface area contributed by atoms with Crippen LogP contribution in [0.2, 0.25) is 0 Å². The Labute approximate surface area is 104 Å². The second kappa shape index (κ2) is 5.10. The molecule has 0 atom stereocenters. The molecule has 0 aliphatic heterocycles. The number of aryl methyl sites for hydroxylation is 1. The van der Waals surface area contributed by atoms with Gasteiger partial charge in [0, 0.05) is 18.3 Å². The van der Waals surface area contributed by atoms with Crippen LogP contribution >= 0.6 is 0 Å². The van der Waals surface area contributed by atoms with Gasteiger partial charge in [-0.3, -0.25) is 4.79 Å². The first-order valence-corrected chi connectivity index (χ1v) is 5.63. The van der Waals surface area contributed by atoms with Crippen LogP contribution in [0, 0.1) is 12.7 Å². The monoisotopic (exact) mass is 247 g/mol. The Balaban J connectivity index is 2.61. The van der Waals surface area contributed by atoms with E-state index < -0.39 is 0 Å². The molecule has 0 unspecified atom stereocenters. The molecule has 0 fully saturated rings. The second-order valence-electron chi connectivity index (χ2n) is 3.99. The van der Waals surface area contributed by atoms with Gasteiger partial charge in [0.2, 0.25) is 5.43 Å². The number of aromatic nitrogens is 2. The molecule has 1 aromatic carbocycles. The van der Waals surface area contributed by atoms with E-state index in [9.17, 15) is 9.18 Å². The lowest BCUT2D eigenvalue weighted by Gasteiger charge is -2.11. The van der Waals surface area contributed by atoms with E-state index in [1.165, 1.54) is 16.8 Å². The summed E-state index contributed by atoms with van der Waals surface area (Å²) in [6, 6.07) is 7.81. The minimum absolute atomic E-state index is 0.144. The summed E-state index contributed by atoms with van der Waals surface area (Å²) in [6.07, 6.45) is 0. The molecule has 1 N–H and O–H groups in total. The molecule has 2 rings (SSSR count). The fraction of sp³-hybridized carbons (Fsp3) is 0.231. The van der Waals surface area contributed by atoms with Crippen LogP contribution in [0.1, 0.15) is 11.4 Å². The zero-order valence-electron chi connectivity index (χ0n) is 10.3. The number of nitrogens with one attached hydrogen (secondary N) is 1. The van der Waals surface area contributed by atoms with Crippen LogP contribution in [0.3, 0.4) is 0 Å². The van der Waals surface area contributed by atoms with Crippen molar-refractivity contribution in [2.24, 2.45) is 0 Å². The molecule has 0 aliphatic rings. The van der Waals surface area contributed by atoms with Gasteiger partial charge >= 0.3 is 0 Å². The van der Waals surface area contributed by atoms with E-state index in [0.717, 1.165) is 0 Å². The normalized spacial score (nSPS) is 10.6. The largest absolute Gasteiger partial charge is 0.314 e. The molecule has 5 heteroatoms. The highest BCUT2D eigenvalue weighted by Crippen LogP contribution is 2.12. The molecule has 94 valence electrons. The first-order chi connectivity index (χ1) is 8.63. The van der Waals surface area contributed by atoms with Gasteiger partial charge in [-0.2, -0.15) is 5.10 Å². The maximum absolute atomic E-state index is 13.7. The quantitative estimate of drug-likeness (QED) is 0.891. The van der Waals surface area contributed by atoms with Crippen molar-refractivity contribution >= 4 is 0 Å². The topological polar surface area (TPSA) is 46.9 Å². The van der Waals surface area contributed by atoms with Crippen LogP contribution in [0.4, 0.5) is 4.39 Å². The molecule has 0 saturated carbocycles. The fourth-order valence-electron chi connectivity index (χ4n) is 1.74. The summed E-state index contributed by atoms with van der Waals surface area (Å²) in [6.45, 7) is 2.08. The van der Waals surface area contributed by atoms with Crippen LogP contribution < -0.4 is 10.7 Å². The minimum Gasteiger partial charge on any atom is -0.314 e. The Bertz CT molecular complexity index is 622. The Kier molecular flexibility index (Phi) is 3.53. The van der Waals surface area contributed by atoms with E-state index in [-0.39, 0.29) is 11.2 Å². The third-order valence-corrected chi connectivity index (χ3v) is 2.60. The molecule has 4 nitrogen and oxygen atoms in total. The highest BCUT2D eigenvalue weighted by molar-refractivity contribution is 5.34. The molecule has 0 radical (unpaired) electrons. The molecule has 0 saturated heterocycles.